The van der Waals surface area contributed by atoms with E-state index in [1.807, 2.05) is 20.8 Å². The number of nitrogens with zero attached hydrogens (tertiary/aromatic N) is 2. The van der Waals surface area contributed by atoms with Crippen LogP contribution in [-0.2, 0) is 10.3 Å². The molecule has 3 rings (SSSR count). The second kappa shape index (κ2) is 7.64. The molecule has 4 nitrogen and oxygen atoms in total. The van der Waals surface area contributed by atoms with Gasteiger partial charge >= 0.3 is 0 Å². The third-order valence-electron chi connectivity index (χ3n) is 5.06. The van der Waals surface area contributed by atoms with Gasteiger partial charge in [-0.15, -0.1) is 0 Å². The first-order valence-electron chi connectivity index (χ1n) is 8.58. The van der Waals surface area contributed by atoms with E-state index >= 15 is 0 Å². The molecule has 0 aliphatic rings. The van der Waals surface area contributed by atoms with Gasteiger partial charge in [0.15, 0.2) is 11.8 Å². The first kappa shape index (κ1) is 19.9. The molecule has 0 spiro atoms. The van der Waals surface area contributed by atoms with Crippen LogP contribution in [0, 0.1) is 20.8 Å². The average Bonchev–Trinajstić information content (AvgIpc) is 2.90. The van der Waals surface area contributed by atoms with Crippen molar-refractivity contribution in [2.75, 3.05) is 7.11 Å². The molecule has 0 saturated carbocycles. The molecular formula is C21H22Cl2N2O2. The number of aliphatic hydroxyl groups is 1. The molecule has 2 aromatic carbocycles. The zero-order chi connectivity index (χ0) is 19.8. The zero-order valence-corrected chi connectivity index (χ0v) is 17.2. The van der Waals surface area contributed by atoms with Crippen molar-refractivity contribution in [2.45, 2.75) is 32.6 Å². The summed E-state index contributed by atoms with van der Waals surface area (Å²) in [6.07, 6.45) is -0.785. The molecule has 1 unspecified atom stereocenters. The zero-order valence-electron chi connectivity index (χ0n) is 15.7. The summed E-state index contributed by atoms with van der Waals surface area (Å²) in [7, 11) is 1.56. The minimum absolute atomic E-state index is 0.591. The summed E-state index contributed by atoms with van der Waals surface area (Å²) in [6, 6.07) is 14.2. The van der Waals surface area contributed by atoms with E-state index in [9.17, 15) is 5.11 Å². The molecule has 0 aliphatic carbocycles. The number of aryl methyl sites for hydroxylation is 1. The van der Waals surface area contributed by atoms with E-state index in [1.54, 1.807) is 60.3 Å². The molecule has 0 radical (unpaired) electrons. The Morgan fingerprint density at radius 1 is 0.926 bits per heavy atom. The van der Waals surface area contributed by atoms with Gasteiger partial charge < -0.3 is 9.84 Å². The maximum Gasteiger partial charge on any atom is 0.186 e. The van der Waals surface area contributed by atoms with Crippen LogP contribution in [0.1, 0.15) is 34.3 Å². The van der Waals surface area contributed by atoms with E-state index < -0.39 is 11.8 Å². The van der Waals surface area contributed by atoms with Crippen molar-refractivity contribution in [3.05, 3.63) is 86.7 Å². The summed E-state index contributed by atoms with van der Waals surface area (Å²) in [4.78, 5) is 0. The molecule has 0 saturated heterocycles. The van der Waals surface area contributed by atoms with Crippen LogP contribution < -0.4 is 0 Å². The number of methoxy groups -OCH3 is 1. The average molecular weight is 405 g/mol. The number of hydrogen-bond acceptors (Lipinski definition) is 3. The van der Waals surface area contributed by atoms with Crippen molar-refractivity contribution < 1.29 is 9.84 Å². The van der Waals surface area contributed by atoms with Gasteiger partial charge in [0.05, 0.1) is 5.69 Å². The molecule has 1 N–H and O–H groups in total. The molecule has 1 atom stereocenters. The standard InChI is InChI=1S/C21H22Cl2N2O2/c1-13-14(2)24-25(15(13)3)20(27-4)21(26,16-5-9-18(22)10-6-16)17-7-11-19(23)12-8-17/h5-12,20,26H,1-4H3. The number of aromatic nitrogens is 2. The number of benzene rings is 2. The van der Waals surface area contributed by atoms with Crippen molar-refractivity contribution >= 4 is 23.2 Å². The highest BCUT2D eigenvalue weighted by Crippen LogP contribution is 2.41. The molecule has 0 fully saturated rings. The lowest BCUT2D eigenvalue weighted by Crippen LogP contribution is -2.40. The third-order valence-corrected chi connectivity index (χ3v) is 5.56. The van der Waals surface area contributed by atoms with Gasteiger partial charge in [-0.05, 0) is 61.7 Å². The largest absolute Gasteiger partial charge is 0.376 e. The first-order valence-corrected chi connectivity index (χ1v) is 9.34. The summed E-state index contributed by atoms with van der Waals surface area (Å²) >= 11 is 12.1. The Morgan fingerprint density at radius 2 is 1.37 bits per heavy atom. The van der Waals surface area contributed by atoms with E-state index in [2.05, 4.69) is 5.10 Å². The second-order valence-electron chi connectivity index (χ2n) is 6.61. The van der Waals surface area contributed by atoms with Crippen LogP contribution >= 0.6 is 23.2 Å². The summed E-state index contributed by atoms with van der Waals surface area (Å²) in [5.74, 6) is 0. The molecule has 0 aliphatic heterocycles. The molecule has 1 heterocycles. The van der Waals surface area contributed by atoms with Crippen LogP contribution in [0.5, 0.6) is 0 Å². The number of rotatable bonds is 5. The summed E-state index contributed by atoms with van der Waals surface area (Å²) in [5, 5.41) is 17.8. The van der Waals surface area contributed by atoms with E-state index in [4.69, 9.17) is 27.9 Å². The smallest absolute Gasteiger partial charge is 0.186 e. The Hall–Kier alpha value is -1.85. The molecule has 6 heteroatoms. The van der Waals surface area contributed by atoms with Crippen molar-refractivity contribution in [3.8, 4) is 0 Å². The molecule has 3 aromatic rings. The predicted molar refractivity (Wildman–Crippen MR) is 108 cm³/mol. The molecular weight excluding hydrogens is 383 g/mol. The van der Waals surface area contributed by atoms with Gasteiger partial charge in [0.25, 0.3) is 0 Å². The van der Waals surface area contributed by atoms with Gasteiger partial charge in [-0.25, -0.2) is 4.68 Å². The maximum atomic E-state index is 12.0. The van der Waals surface area contributed by atoms with Gasteiger partial charge in [0.2, 0.25) is 0 Å². The SMILES string of the molecule is COC(n1nc(C)c(C)c1C)C(O)(c1ccc(Cl)cc1)c1ccc(Cl)cc1. The molecule has 0 bridgehead atoms. The number of hydrogen-bond donors (Lipinski definition) is 1. The van der Waals surface area contributed by atoms with E-state index in [1.165, 1.54) is 0 Å². The minimum atomic E-state index is -1.50. The Morgan fingerprint density at radius 3 is 1.70 bits per heavy atom. The molecule has 0 amide bonds. The lowest BCUT2D eigenvalue weighted by Gasteiger charge is -2.37. The monoisotopic (exact) mass is 404 g/mol. The van der Waals surface area contributed by atoms with Crippen molar-refractivity contribution in [3.63, 3.8) is 0 Å². The topological polar surface area (TPSA) is 47.3 Å². The molecule has 142 valence electrons. The fourth-order valence-corrected chi connectivity index (χ4v) is 3.53. The van der Waals surface area contributed by atoms with Gasteiger partial charge in [0.1, 0.15) is 0 Å². The number of halogens is 2. The van der Waals surface area contributed by atoms with Crippen LogP contribution in [0.25, 0.3) is 0 Å². The second-order valence-corrected chi connectivity index (χ2v) is 7.48. The predicted octanol–water partition coefficient (Wildman–Crippen LogP) is 5.20. The Balaban J connectivity index is 2.25. The summed E-state index contributed by atoms with van der Waals surface area (Å²) in [6.45, 7) is 5.91. The van der Waals surface area contributed by atoms with Crippen molar-refractivity contribution in [1.29, 1.82) is 0 Å². The van der Waals surface area contributed by atoms with Crippen LogP contribution in [0.15, 0.2) is 48.5 Å². The molecule has 1 aromatic heterocycles. The van der Waals surface area contributed by atoms with Gasteiger partial charge in [-0.1, -0.05) is 47.5 Å². The Kier molecular flexibility index (Phi) is 5.63. The first-order chi connectivity index (χ1) is 12.8. The van der Waals surface area contributed by atoms with Gasteiger partial charge in [-0.2, -0.15) is 5.10 Å². The highest BCUT2D eigenvalue weighted by atomic mass is 35.5. The Bertz CT molecular complexity index is 889. The third kappa shape index (κ3) is 3.50. The highest BCUT2D eigenvalue weighted by molar-refractivity contribution is 6.30. The highest BCUT2D eigenvalue weighted by Gasteiger charge is 2.43. The van der Waals surface area contributed by atoms with Gasteiger partial charge in [0, 0.05) is 22.8 Å². The quantitative estimate of drug-likeness (QED) is 0.635. The van der Waals surface area contributed by atoms with Crippen LogP contribution in [0.4, 0.5) is 0 Å². The lowest BCUT2D eigenvalue weighted by atomic mass is 9.84. The fraction of sp³-hybridized carbons (Fsp3) is 0.286. The lowest BCUT2D eigenvalue weighted by molar-refractivity contribution is -0.120. The van der Waals surface area contributed by atoms with Crippen LogP contribution in [-0.4, -0.2) is 22.0 Å². The summed E-state index contributed by atoms with van der Waals surface area (Å²) < 4.78 is 7.53. The van der Waals surface area contributed by atoms with Gasteiger partial charge in [-0.3, -0.25) is 0 Å². The number of ether oxygens (including phenoxy) is 1. The van der Waals surface area contributed by atoms with Crippen molar-refractivity contribution in [1.82, 2.24) is 9.78 Å². The minimum Gasteiger partial charge on any atom is -0.376 e. The van der Waals surface area contributed by atoms with E-state index in [0.29, 0.717) is 21.2 Å². The Labute approximate surface area is 169 Å². The normalized spacial score (nSPS) is 13.0. The van der Waals surface area contributed by atoms with Crippen LogP contribution in [0.2, 0.25) is 10.0 Å². The maximum absolute atomic E-state index is 12.0. The van der Waals surface area contributed by atoms with E-state index in [-0.39, 0.29) is 0 Å². The molecule has 27 heavy (non-hydrogen) atoms. The fourth-order valence-electron chi connectivity index (χ4n) is 3.28. The summed E-state index contributed by atoms with van der Waals surface area (Å²) in [5.41, 5.74) is 2.67. The van der Waals surface area contributed by atoms with Crippen molar-refractivity contribution in [2.24, 2.45) is 0 Å². The van der Waals surface area contributed by atoms with E-state index in [0.717, 1.165) is 17.0 Å². The van der Waals surface area contributed by atoms with Crippen LogP contribution in [0.3, 0.4) is 0 Å².